The topological polar surface area (TPSA) is 67.3 Å². The number of benzene rings is 1. The van der Waals surface area contributed by atoms with E-state index in [0.717, 1.165) is 40.5 Å². The second kappa shape index (κ2) is 10.0. The van der Waals surface area contributed by atoms with Crippen molar-refractivity contribution in [2.24, 2.45) is 0 Å². The summed E-state index contributed by atoms with van der Waals surface area (Å²) in [7, 11) is 4.07. The van der Waals surface area contributed by atoms with Gasteiger partial charge in [-0.3, -0.25) is 0 Å². The molecule has 2 heterocycles. The van der Waals surface area contributed by atoms with Crippen LogP contribution in [0.4, 0.5) is 5.82 Å². The molecule has 2 aromatic heterocycles. The number of carbonyl (C=O) groups excluding carboxylic acids is 1. The number of anilines is 1. The van der Waals surface area contributed by atoms with Gasteiger partial charge in [-0.05, 0) is 45.6 Å². The van der Waals surface area contributed by atoms with E-state index in [1.165, 1.54) is 16.2 Å². The zero-order chi connectivity index (χ0) is 20.8. The number of fused-ring (bicyclic) bond motifs is 1. The van der Waals surface area contributed by atoms with Gasteiger partial charge < -0.3 is 15.0 Å². The van der Waals surface area contributed by atoms with Crippen molar-refractivity contribution in [3.8, 4) is 0 Å². The lowest BCUT2D eigenvalue weighted by molar-refractivity contribution is 0.0531. The third-order valence-electron chi connectivity index (χ3n) is 4.26. The van der Waals surface area contributed by atoms with Crippen LogP contribution in [0.25, 0.3) is 10.2 Å². The Hall–Kier alpha value is -2.16. The van der Waals surface area contributed by atoms with Crippen LogP contribution in [0, 0.1) is 6.92 Å². The first-order valence-corrected chi connectivity index (χ1v) is 11.3. The predicted molar refractivity (Wildman–Crippen MR) is 121 cm³/mol. The standard InChI is InChI=1S/C21H26N4O2S2/c1-5-27-21(26)18-14(2)17-19(22-11-12-25(3)4)23-16(24-20(17)29-18)13-28-15-9-7-6-8-10-15/h6-10H,5,11-13H2,1-4H3,(H,22,23,24). The first-order valence-electron chi connectivity index (χ1n) is 9.53. The van der Waals surface area contributed by atoms with Gasteiger partial charge in [0.2, 0.25) is 0 Å². The molecule has 0 atom stereocenters. The molecule has 0 aliphatic carbocycles. The molecule has 3 rings (SSSR count). The Balaban J connectivity index is 1.93. The highest BCUT2D eigenvalue weighted by molar-refractivity contribution is 7.98. The number of hydrogen-bond donors (Lipinski definition) is 1. The molecule has 0 aliphatic heterocycles. The first-order chi connectivity index (χ1) is 14.0. The summed E-state index contributed by atoms with van der Waals surface area (Å²) < 4.78 is 5.22. The number of likely N-dealkylation sites (N-methyl/N-ethyl adjacent to an activating group) is 1. The number of thioether (sulfide) groups is 1. The van der Waals surface area contributed by atoms with Crippen molar-refractivity contribution in [3.05, 3.63) is 46.6 Å². The highest BCUT2D eigenvalue weighted by Gasteiger charge is 2.21. The molecule has 0 aliphatic rings. The quantitative estimate of drug-likeness (QED) is 0.397. The molecule has 29 heavy (non-hydrogen) atoms. The smallest absolute Gasteiger partial charge is 0.348 e. The summed E-state index contributed by atoms with van der Waals surface area (Å²) in [6, 6.07) is 10.2. The Morgan fingerprint density at radius 1 is 1.24 bits per heavy atom. The van der Waals surface area contributed by atoms with Crippen LogP contribution < -0.4 is 5.32 Å². The summed E-state index contributed by atoms with van der Waals surface area (Å²) >= 11 is 3.07. The van der Waals surface area contributed by atoms with E-state index in [1.54, 1.807) is 11.8 Å². The zero-order valence-corrected chi connectivity index (χ0v) is 18.8. The van der Waals surface area contributed by atoms with Gasteiger partial charge in [0.25, 0.3) is 0 Å². The van der Waals surface area contributed by atoms with E-state index in [9.17, 15) is 4.79 Å². The molecule has 0 amide bonds. The summed E-state index contributed by atoms with van der Waals surface area (Å²) in [5, 5.41) is 4.34. The lowest BCUT2D eigenvalue weighted by Crippen LogP contribution is -2.21. The number of hydrogen-bond acceptors (Lipinski definition) is 8. The summed E-state index contributed by atoms with van der Waals surface area (Å²) in [6.45, 7) is 5.74. The molecule has 3 aromatic rings. The molecule has 1 aromatic carbocycles. The van der Waals surface area contributed by atoms with Crippen molar-refractivity contribution in [1.29, 1.82) is 0 Å². The van der Waals surface area contributed by atoms with Crippen molar-refractivity contribution >= 4 is 45.1 Å². The van der Waals surface area contributed by atoms with E-state index in [4.69, 9.17) is 14.7 Å². The Kier molecular flexibility index (Phi) is 7.46. The van der Waals surface area contributed by atoms with E-state index < -0.39 is 0 Å². The molecule has 0 bridgehead atoms. The van der Waals surface area contributed by atoms with Gasteiger partial charge in [-0.2, -0.15) is 0 Å². The van der Waals surface area contributed by atoms with Gasteiger partial charge in [-0.1, -0.05) is 18.2 Å². The summed E-state index contributed by atoms with van der Waals surface area (Å²) in [6.07, 6.45) is 0. The van der Waals surface area contributed by atoms with Crippen molar-refractivity contribution < 1.29 is 9.53 Å². The number of thiophene rings is 1. The van der Waals surface area contributed by atoms with E-state index in [0.29, 0.717) is 17.2 Å². The summed E-state index contributed by atoms with van der Waals surface area (Å²) in [4.78, 5) is 26.6. The van der Waals surface area contributed by atoms with Crippen LogP contribution in [-0.4, -0.2) is 54.6 Å². The third kappa shape index (κ3) is 5.46. The van der Waals surface area contributed by atoms with E-state index in [1.807, 2.05) is 46.1 Å². The van der Waals surface area contributed by atoms with Crippen LogP contribution >= 0.6 is 23.1 Å². The van der Waals surface area contributed by atoms with Crippen molar-refractivity contribution in [2.45, 2.75) is 24.5 Å². The third-order valence-corrected chi connectivity index (χ3v) is 6.43. The maximum absolute atomic E-state index is 12.4. The molecular weight excluding hydrogens is 404 g/mol. The number of aryl methyl sites for hydroxylation is 1. The highest BCUT2D eigenvalue weighted by Crippen LogP contribution is 2.35. The minimum atomic E-state index is -0.299. The van der Waals surface area contributed by atoms with Crippen molar-refractivity contribution in [2.75, 3.05) is 39.1 Å². The molecule has 0 unspecified atom stereocenters. The number of aromatic nitrogens is 2. The number of carbonyl (C=O) groups is 1. The minimum Gasteiger partial charge on any atom is -0.462 e. The molecule has 0 radical (unpaired) electrons. The van der Waals surface area contributed by atoms with Crippen LogP contribution in [0.2, 0.25) is 0 Å². The second-order valence-electron chi connectivity index (χ2n) is 6.78. The maximum Gasteiger partial charge on any atom is 0.348 e. The summed E-state index contributed by atoms with van der Waals surface area (Å²) in [5.41, 5.74) is 0.873. The van der Waals surface area contributed by atoms with Gasteiger partial charge in [0.05, 0.1) is 17.7 Å². The largest absolute Gasteiger partial charge is 0.462 e. The fraction of sp³-hybridized carbons (Fsp3) is 0.381. The molecule has 0 fully saturated rings. The molecule has 0 spiro atoms. The first kappa shape index (κ1) is 21.5. The van der Waals surface area contributed by atoms with Gasteiger partial charge in [-0.25, -0.2) is 14.8 Å². The van der Waals surface area contributed by atoms with Gasteiger partial charge in [0.1, 0.15) is 21.3 Å². The fourth-order valence-corrected chi connectivity index (χ4v) is 4.70. The summed E-state index contributed by atoms with van der Waals surface area (Å²) in [5.74, 6) is 1.89. The maximum atomic E-state index is 12.4. The molecule has 1 N–H and O–H groups in total. The fourth-order valence-electron chi connectivity index (χ4n) is 2.83. The van der Waals surface area contributed by atoms with Crippen LogP contribution in [-0.2, 0) is 10.5 Å². The number of nitrogens with one attached hydrogen (secondary N) is 1. The van der Waals surface area contributed by atoms with Gasteiger partial charge in [-0.15, -0.1) is 23.1 Å². The van der Waals surface area contributed by atoms with Gasteiger partial charge in [0.15, 0.2) is 0 Å². The Bertz CT molecular complexity index is 974. The average molecular weight is 431 g/mol. The predicted octanol–water partition coefficient (Wildman–Crippen LogP) is 4.44. The highest BCUT2D eigenvalue weighted by atomic mass is 32.2. The van der Waals surface area contributed by atoms with Crippen LogP contribution in [0.15, 0.2) is 35.2 Å². The van der Waals surface area contributed by atoms with Crippen molar-refractivity contribution in [3.63, 3.8) is 0 Å². The average Bonchev–Trinajstić information content (AvgIpc) is 3.04. The molecule has 154 valence electrons. The van der Waals surface area contributed by atoms with Gasteiger partial charge in [0, 0.05) is 18.0 Å². The van der Waals surface area contributed by atoms with Crippen LogP contribution in [0.3, 0.4) is 0 Å². The van der Waals surface area contributed by atoms with Crippen molar-refractivity contribution in [1.82, 2.24) is 14.9 Å². The number of rotatable bonds is 9. The zero-order valence-electron chi connectivity index (χ0n) is 17.2. The normalized spacial score (nSPS) is 11.2. The SMILES string of the molecule is CCOC(=O)c1sc2nc(CSc3ccccc3)nc(NCCN(C)C)c2c1C. The number of ether oxygens (including phenoxy) is 1. The van der Waals surface area contributed by atoms with E-state index >= 15 is 0 Å². The van der Waals surface area contributed by atoms with E-state index in [2.05, 4.69) is 22.3 Å². The molecule has 8 heteroatoms. The molecule has 6 nitrogen and oxygen atoms in total. The van der Waals surface area contributed by atoms with Crippen LogP contribution in [0.5, 0.6) is 0 Å². The molecule has 0 saturated carbocycles. The number of nitrogens with zero attached hydrogens (tertiary/aromatic N) is 3. The minimum absolute atomic E-state index is 0.299. The van der Waals surface area contributed by atoms with Crippen LogP contribution in [0.1, 0.15) is 28.0 Å². The monoisotopic (exact) mass is 430 g/mol. The second-order valence-corrected chi connectivity index (χ2v) is 8.82. The number of esters is 1. The lowest BCUT2D eigenvalue weighted by Gasteiger charge is -2.13. The lowest BCUT2D eigenvalue weighted by atomic mass is 10.2. The molecule has 0 saturated heterocycles. The molecular formula is C21H26N4O2S2. The Labute approximate surface area is 179 Å². The Morgan fingerprint density at radius 3 is 2.69 bits per heavy atom. The van der Waals surface area contributed by atoms with Gasteiger partial charge >= 0.3 is 5.97 Å². The Morgan fingerprint density at radius 2 is 2.00 bits per heavy atom. The van der Waals surface area contributed by atoms with E-state index in [-0.39, 0.29) is 5.97 Å².